The first-order chi connectivity index (χ1) is 12.9. The van der Waals surface area contributed by atoms with Gasteiger partial charge in [0.15, 0.2) is 5.56 Å². The molecule has 0 bridgehead atoms. The minimum atomic E-state index is -0.380. The SMILES string of the molecule is CCc1nc(-c2cc(OC(C)Cl)ccc2C)c(CC)nc1NC(CC)CC. The zero-order chi connectivity index (χ0) is 20.0. The highest BCUT2D eigenvalue weighted by Crippen LogP contribution is 2.31. The molecule has 4 nitrogen and oxygen atoms in total. The van der Waals surface area contributed by atoms with E-state index in [0.717, 1.165) is 65.5 Å². The van der Waals surface area contributed by atoms with Crippen molar-refractivity contribution in [2.45, 2.75) is 78.8 Å². The minimum Gasteiger partial charge on any atom is -0.475 e. The quantitative estimate of drug-likeness (QED) is 0.523. The average molecular weight is 390 g/mol. The summed E-state index contributed by atoms with van der Waals surface area (Å²) in [5.74, 6) is 1.67. The highest BCUT2D eigenvalue weighted by Gasteiger charge is 2.17. The molecule has 0 fully saturated rings. The second-order valence-corrected chi connectivity index (χ2v) is 7.43. The van der Waals surface area contributed by atoms with Crippen LogP contribution in [0.2, 0.25) is 0 Å². The number of nitrogens with zero attached hydrogens (tertiary/aromatic N) is 2. The molecule has 5 heteroatoms. The Morgan fingerprint density at radius 3 is 2.26 bits per heavy atom. The molecule has 0 aliphatic rings. The van der Waals surface area contributed by atoms with Crippen molar-refractivity contribution in [3.8, 4) is 17.0 Å². The summed E-state index contributed by atoms with van der Waals surface area (Å²) in [5.41, 5.74) is 4.77. The van der Waals surface area contributed by atoms with Crippen LogP contribution < -0.4 is 10.1 Å². The number of ether oxygens (including phenoxy) is 1. The van der Waals surface area contributed by atoms with E-state index in [1.807, 2.05) is 25.1 Å². The third-order valence-corrected chi connectivity index (χ3v) is 4.89. The third kappa shape index (κ3) is 5.35. The van der Waals surface area contributed by atoms with E-state index in [9.17, 15) is 0 Å². The number of alkyl halides is 1. The van der Waals surface area contributed by atoms with Crippen molar-refractivity contribution in [1.82, 2.24) is 9.97 Å². The molecule has 1 unspecified atom stereocenters. The van der Waals surface area contributed by atoms with Crippen molar-refractivity contribution in [1.29, 1.82) is 0 Å². The molecule has 1 heterocycles. The van der Waals surface area contributed by atoms with Gasteiger partial charge in [-0.3, -0.25) is 0 Å². The lowest BCUT2D eigenvalue weighted by atomic mass is 10.0. The summed E-state index contributed by atoms with van der Waals surface area (Å²) in [6.07, 6.45) is 3.79. The summed E-state index contributed by atoms with van der Waals surface area (Å²) in [5, 5.41) is 3.59. The first-order valence-electron chi connectivity index (χ1n) is 10.0. The van der Waals surface area contributed by atoms with Crippen LogP contribution in [0.4, 0.5) is 5.82 Å². The first-order valence-corrected chi connectivity index (χ1v) is 10.4. The van der Waals surface area contributed by atoms with Crippen LogP contribution in [0.5, 0.6) is 5.75 Å². The van der Waals surface area contributed by atoms with E-state index in [-0.39, 0.29) is 5.56 Å². The molecule has 0 saturated carbocycles. The predicted octanol–water partition coefficient (Wildman–Crippen LogP) is 6.14. The largest absolute Gasteiger partial charge is 0.475 e. The van der Waals surface area contributed by atoms with Gasteiger partial charge >= 0.3 is 0 Å². The van der Waals surface area contributed by atoms with Crippen LogP contribution >= 0.6 is 11.6 Å². The highest BCUT2D eigenvalue weighted by atomic mass is 35.5. The van der Waals surface area contributed by atoms with Crippen molar-refractivity contribution < 1.29 is 4.74 Å². The van der Waals surface area contributed by atoms with Gasteiger partial charge in [0.1, 0.15) is 11.6 Å². The van der Waals surface area contributed by atoms with Gasteiger partial charge in [-0.25, -0.2) is 9.97 Å². The fourth-order valence-electron chi connectivity index (χ4n) is 3.13. The lowest BCUT2D eigenvalue weighted by Crippen LogP contribution is -2.20. The Morgan fingerprint density at radius 2 is 1.70 bits per heavy atom. The van der Waals surface area contributed by atoms with E-state index in [2.05, 4.69) is 39.9 Å². The number of hydrogen-bond acceptors (Lipinski definition) is 4. The third-order valence-electron chi connectivity index (χ3n) is 4.80. The van der Waals surface area contributed by atoms with E-state index < -0.39 is 0 Å². The summed E-state index contributed by atoms with van der Waals surface area (Å²) in [6, 6.07) is 6.43. The number of anilines is 1. The Kier molecular flexibility index (Phi) is 7.91. The summed E-state index contributed by atoms with van der Waals surface area (Å²) >= 11 is 5.99. The smallest absolute Gasteiger partial charge is 0.169 e. The maximum absolute atomic E-state index is 5.99. The number of benzene rings is 1. The summed E-state index contributed by atoms with van der Waals surface area (Å²) in [7, 11) is 0. The van der Waals surface area contributed by atoms with Crippen LogP contribution in [0.1, 0.15) is 64.4 Å². The maximum atomic E-state index is 5.99. The zero-order valence-corrected chi connectivity index (χ0v) is 18.2. The highest BCUT2D eigenvalue weighted by molar-refractivity contribution is 6.19. The van der Waals surface area contributed by atoms with Gasteiger partial charge in [0, 0.05) is 11.6 Å². The molecule has 0 aliphatic heterocycles. The van der Waals surface area contributed by atoms with Gasteiger partial charge in [-0.05, 0) is 57.2 Å². The van der Waals surface area contributed by atoms with Crippen molar-refractivity contribution in [2.75, 3.05) is 5.32 Å². The average Bonchev–Trinajstić information content (AvgIpc) is 2.66. The van der Waals surface area contributed by atoms with Crippen LogP contribution in [-0.2, 0) is 12.8 Å². The predicted molar refractivity (Wildman–Crippen MR) is 115 cm³/mol. The molecule has 1 N–H and O–H groups in total. The number of aromatic nitrogens is 2. The van der Waals surface area contributed by atoms with Gasteiger partial charge in [-0.1, -0.05) is 45.4 Å². The fourth-order valence-corrected chi connectivity index (χ4v) is 3.24. The Labute approximate surface area is 168 Å². The number of halogens is 1. The van der Waals surface area contributed by atoms with E-state index in [0.29, 0.717) is 6.04 Å². The van der Waals surface area contributed by atoms with E-state index >= 15 is 0 Å². The van der Waals surface area contributed by atoms with Crippen molar-refractivity contribution in [3.63, 3.8) is 0 Å². The monoisotopic (exact) mass is 389 g/mol. The van der Waals surface area contributed by atoms with Gasteiger partial charge in [0.25, 0.3) is 0 Å². The summed E-state index contributed by atoms with van der Waals surface area (Å²) in [6.45, 7) is 12.5. The molecule has 0 amide bonds. The molecule has 2 rings (SSSR count). The van der Waals surface area contributed by atoms with Crippen LogP contribution in [0.15, 0.2) is 18.2 Å². The van der Waals surface area contributed by atoms with Crippen molar-refractivity contribution in [3.05, 3.63) is 35.2 Å². The molecule has 0 aliphatic carbocycles. The topological polar surface area (TPSA) is 47.0 Å². The van der Waals surface area contributed by atoms with Gasteiger partial charge in [0.05, 0.1) is 17.1 Å². The van der Waals surface area contributed by atoms with Gasteiger partial charge in [0.2, 0.25) is 0 Å². The second kappa shape index (κ2) is 9.93. The van der Waals surface area contributed by atoms with Crippen LogP contribution in [0.3, 0.4) is 0 Å². The molecule has 0 spiro atoms. The minimum absolute atomic E-state index is 0.380. The number of aryl methyl sites for hydroxylation is 3. The van der Waals surface area contributed by atoms with Crippen molar-refractivity contribution >= 4 is 17.4 Å². The van der Waals surface area contributed by atoms with E-state index in [1.165, 1.54) is 0 Å². The molecule has 1 aromatic carbocycles. The molecule has 1 aromatic heterocycles. The van der Waals surface area contributed by atoms with Gasteiger partial charge < -0.3 is 10.1 Å². The van der Waals surface area contributed by atoms with Crippen molar-refractivity contribution in [2.24, 2.45) is 0 Å². The lowest BCUT2D eigenvalue weighted by molar-refractivity contribution is 0.301. The fraction of sp³-hybridized carbons (Fsp3) is 0.545. The maximum Gasteiger partial charge on any atom is 0.169 e. The van der Waals surface area contributed by atoms with Crippen LogP contribution in [0, 0.1) is 6.92 Å². The van der Waals surface area contributed by atoms with E-state index in [4.69, 9.17) is 26.3 Å². The second-order valence-electron chi connectivity index (χ2n) is 6.82. The molecule has 2 aromatic rings. The molecule has 0 radical (unpaired) electrons. The Hall–Kier alpha value is -1.81. The Bertz CT molecular complexity index is 757. The van der Waals surface area contributed by atoms with Crippen LogP contribution in [0.25, 0.3) is 11.3 Å². The van der Waals surface area contributed by atoms with E-state index in [1.54, 1.807) is 0 Å². The summed E-state index contributed by atoms with van der Waals surface area (Å²) in [4.78, 5) is 9.99. The van der Waals surface area contributed by atoms with Gasteiger partial charge in [-0.15, -0.1) is 0 Å². The molecule has 1 atom stereocenters. The number of nitrogens with one attached hydrogen (secondary N) is 1. The number of hydrogen-bond donors (Lipinski definition) is 1. The molecule has 0 saturated heterocycles. The van der Waals surface area contributed by atoms with Gasteiger partial charge in [-0.2, -0.15) is 0 Å². The molecule has 27 heavy (non-hydrogen) atoms. The molecular weight excluding hydrogens is 358 g/mol. The lowest BCUT2D eigenvalue weighted by Gasteiger charge is -2.20. The zero-order valence-electron chi connectivity index (χ0n) is 17.4. The first kappa shape index (κ1) is 21.5. The summed E-state index contributed by atoms with van der Waals surface area (Å²) < 4.78 is 5.67. The molecular formula is C22H32ClN3O. The molecule has 148 valence electrons. The standard InChI is InChI=1S/C22H32ClN3O/c1-7-16(8-2)24-22-20(10-4)25-21(19(9-3)26-22)18-13-17(27-15(6)23)12-11-14(18)5/h11-13,15-16H,7-10H2,1-6H3,(H,24,26). The number of rotatable bonds is 9. The Morgan fingerprint density at radius 1 is 1.04 bits per heavy atom. The normalized spacial score (nSPS) is 12.3. The van der Waals surface area contributed by atoms with Crippen LogP contribution in [-0.4, -0.2) is 21.6 Å². The Balaban J connectivity index is 2.54.